The molecule has 72 valence electrons. The van der Waals surface area contributed by atoms with Gasteiger partial charge in [0.1, 0.15) is 0 Å². The summed E-state index contributed by atoms with van der Waals surface area (Å²) in [6.45, 7) is 3.69. The summed E-state index contributed by atoms with van der Waals surface area (Å²) >= 11 is 11.5. The van der Waals surface area contributed by atoms with Crippen molar-refractivity contribution < 1.29 is 0 Å². The first-order chi connectivity index (χ1) is 5.77. The summed E-state index contributed by atoms with van der Waals surface area (Å²) in [7, 11) is -1.31. The monoisotopic (exact) mass is 224 g/mol. The Balaban J connectivity index is 2.86. The van der Waals surface area contributed by atoms with Gasteiger partial charge < -0.3 is 0 Å². The second-order valence-electron chi connectivity index (χ2n) is 3.02. The van der Waals surface area contributed by atoms with Gasteiger partial charge in [0.2, 0.25) is 7.42 Å². The third-order valence-electron chi connectivity index (χ3n) is 1.83. The van der Waals surface area contributed by atoms with E-state index < -0.39 is 7.42 Å². The minimum atomic E-state index is -1.31. The molecule has 0 aliphatic heterocycles. The van der Waals surface area contributed by atoms with Gasteiger partial charge in [-0.1, -0.05) is 31.8 Å². The predicted octanol–water partition coefficient (Wildman–Crippen LogP) is 4.21. The van der Waals surface area contributed by atoms with Crippen molar-refractivity contribution in [2.24, 2.45) is 0 Å². The summed E-state index contributed by atoms with van der Waals surface area (Å²) in [5.41, 5.74) is 0. The molecule has 0 radical (unpaired) electrons. The van der Waals surface area contributed by atoms with E-state index >= 15 is 0 Å². The van der Waals surface area contributed by atoms with E-state index in [2.05, 4.69) is 6.58 Å². The topological polar surface area (TPSA) is 0 Å². The van der Waals surface area contributed by atoms with Crippen molar-refractivity contribution in [3.8, 4) is 0 Å². The quantitative estimate of drug-likeness (QED) is 0.251. The van der Waals surface area contributed by atoms with E-state index in [-0.39, 0.29) is 0 Å². The van der Waals surface area contributed by atoms with Crippen LogP contribution in [0.3, 0.4) is 0 Å². The highest BCUT2D eigenvalue weighted by molar-refractivity contribution is 7.33. The molecule has 0 nitrogen and oxygen atoms in total. The molecule has 3 heteroatoms. The van der Waals surface area contributed by atoms with Crippen LogP contribution in [0.5, 0.6) is 0 Å². The molecule has 12 heavy (non-hydrogen) atoms. The lowest BCUT2D eigenvalue weighted by Crippen LogP contribution is -1.90. The molecule has 0 amide bonds. The van der Waals surface area contributed by atoms with Crippen LogP contribution in [0.1, 0.15) is 38.5 Å². The van der Waals surface area contributed by atoms with Gasteiger partial charge in [-0.15, -0.1) is 6.58 Å². The Morgan fingerprint density at radius 1 is 1.00 bits per heavy atom. The highest BCUT2D eigenvalue weighted by atomic mass is 35.7. The van der Waals surface area contributed by atoms with Crippen molar-refractivity contribution >= 4 is 29.6 Å². The number of allylic oxidation sites excluding steroid dienone is 1. The van der Waals surface area contributed by atoms with Gasteiger partial charge in [-0.25, -0.2) is 0 Å². The largest absolute Gasteiger partial charge is 0.237 e. The van der Waals surface area contributed by atoms with Crippen molar-refractivity contribution in [1.29, 1.82) is 0 Å². The molecular formula is C9H18Cl2Si. The smallest absolute Gasteiger partial charge is 0.150 e. The molecule has 0 aromatic carbocycles. The van der Waals surface area contributed by atoms with Crippen LogP contribution in [-0.2, 0) is 0 Å². The zero-order valence-corrected chi connectivity index (χ0v) is 10.2. The van der Waals surface area contributed by atoms with E-state index in [9.17, 15) is 0 Å². The maximum Gasteiger partial charge on any atom is 0.237 e. The number of unbranched alkanes of at least 4 members (excludes halogenated alkanes) is 5. The maximum absolute atomic E-state index is 5.73. The molecule has 0 saturated heterocycles. The molecular weight excluding hydrogens is 207 g/mol. The fourth-order valence-corrected chi connectivity index (χ4v) is 2.64. The van der Waals surface area contributed by atoms with Crippen molar-refractivity contribution in [1.82, 2.24) is 0 Å². The predicted molar refractivity (Wildman–Crippen MR) is 61.6 cm³/mol. The molecule has 0 unspecified atom stereocenters. The summed E-state index contributed by atoms with van der Waals surface area (Å²) < 4.78 is 0. The first-order valence-corrected chi connectivity index (χ1v) is 8.97. The average Bonchev–Trinajstić information content (AvgIpc) is 2.02. The van der Waals surface area contributed by atoms with Crippen LogP contribution in [0.4, 0.5) is 0 Å². The minimum Gasteiger partial charge on any atom is -0.150 e. The Bertz CT molecular complexity index is 105. The first-order valence-electron chi connectivity index (χ1n) is 4.66. The normalized spacial score (nSPS) is 10.6. The van der Waals surface area contributed by atoms with Crippen LogP contribution in [0.2, 0.25) is 6.04 Å². The summed E-state index contributed by atoms with van der Waals surface area (Å²) in [5, 5.41) is 0. The zero-order chi connectivity index (χ0) is 9.23. The Labute approximate surface area is 87.0 Å². The molecule has 0 aromatic rings. The first kappa shape index (κ1) is 12.5. The van der Waals surface area contributed by atoms with Gasteiger partial charge >= 0.3 is 0 Å². The van der Waals surface area contributed by atoms with Gasteiger partial charge in [-0.05, 0) is 18.9 Å². The zero-order valence-electron chi connectivity index (χ0n) is 7.57. The minimum absolute atomic E-state index is 1.07. The van der Waals surface area contributed by atoms with Crippen molar-refractivity contribution in [3.63, 3.8) is 0 Å². The lowest BCUT2D eigenvalue weighted by molar-refractivity contribution is 0.637. The van der Waals surface area contributed by atoms with Crippen LogP contribution >= 0.6 is 22.2 Å². The van der Waals surface area contributed by atoms with Crippen molar-refractivity contribution in [3.05, 3.63) is 12.7 Å². The number of rotatable bonds is 8. The number of hydrogen-bond donors (Lipinski definition) is 0. The molecule has 0 heterocycles. The Hall–Kier alpha value is 0.537. The highest BCUT2D eigenvalue weighted by Gasteiger charge is 1.99. The molecule has 0 fully saturated rings. The second kappa shape index (κ2) is 9.62. The van der Waals surface area contributed by atoms with E-state index in [0.29, 0.717) is 0 Å². The summed E-state index contributed by atoms with van der Waals surface area (Å²) in [5.74, 6) is 0. The van der Waals surface area contributed by atoms with E-state index in [0.717, 1.165) is 12.5 Å². The van der Waals surface area contributed by atoms with Crippen molar-refractivity contribution in [2.45, 2.75) is 44.6 Å². The summed E-state index contributed by atoms with van der Waals surface area (Å²) in [6, 6.07) is 1.07. The molecule has 0 aliphatic carbocycles. The standard InChI is InChI=1S/C9H18Cl2Si/c1-2-3-4-5-6-7-8-9-12(10)11/h2,12H,1,3-9H2. The molecule has 0 rings (SSSR count). The van der Waals surface area contributed by atoms with Gasteiger partial charge in [-0.3, -0.25) is 0 Å². The molecule has 0 saturated carbocycles. The maximum atomic E-state index is 5.73. The molecule has 0 aromatic heterocycles. The molecule has 0 N–H and O–H groups in total. The average molecular weight is 225 g/mol. The van der Waals surface area contributed by atoms with Crippen LogP contribution in [-0.4, -0.2) is 7.42 Å². The van der Waals surface area contributed by atoms with Gasteiger partial charge in [0.25, 0.3) is 0 Å². The third-order valence-corrected chi connectivity index (χ3v) is 3.98. The summed E-state index contributed by atoms with van der Waals surface area (Å²) in [6.07, 6.45) is 9.58. The van der Waals surface area contributed by atoms with Gasteiger partial charge in [0.05, 0.1) is 0 Å². The Morgan fingerprint density at radius 2 is 1.58 bits per heavy atom. The van der Waals surface area contributed by atoms with E-state index in [1.165, 1.54) is 32.1 Å². The van der Waals surface area contributed by atoms with E-state index in [1.807, 2.05) is 6.08 Å². The summed E-state index contributed by atoms with van der Waals surface area (Å²) in [4.78, 5) is 0. The second-order valence-corrected chi connectivity index (χ2v) is 8.22. The number of hydrogen-bond acceptors (Lipinski definition) is 0. The molecule has 0 spiro atoms. The number of halogens is 2. The van der Waals surface area contributed by atoms with Crippen molar-refractivity contribution in [2.75, 3.05) is 0 Å². The Morgan fingerprint density at radius 3 is 2.17 bits per heavy atom. The fraction of sp³-hybridized carbons (Fsp3) is 0.778. The van der Waals surface area contributed by atoms with E-state index in [1.54, 1.807) is 0 Å². The van der Waals surface area contributed by atoms with Crippen LogP contribution in [0.15, 0.2) is 12.7 Å². The van der Waals surface area contributed by atoms with Crippen LogP contribution in [0, 0.1) is 0 Å². The molecule has 0 bridgehead atoms. The SMILES string of the molecule is C=CCCCCCCC[SiH](Cl)Cl. The highest BCUT2D eigenvalue weighted by Crippen LogP contribution is 2.12. The lowest BCUT2D eigenvalue weighted by Gasteiger charge is -1.99. The van der Waals surface area contributed by atoms with Crippen LogP contribution < -0.4 is 0 Å². The third kappa shape index (κ3) is 10.5. The van der Waals surface area contributed by atoms with Gasteiger partial charge in [0, 0.05) is 0 Å². The van der Waals surface area contributed by atoms with Crippen LogP contribution in [0.25, 0.3) is 0 Å². The van der Waals surface area contributed by atoms with Gasteiger partial charge in [0.15, 0.2) is 0 Å². The lowest BCUT2D eigenvalue weighted by atomic mass is 10.1. The molecule has 0 atom stereocenters. The fourth-order valence-electron chi connectivity index (χ4n) is 1.12. The van der Waals surface area contributed by atoms with E-state index in [4.69, 9.17) is 22.2 Å². The van der Waals surface area contributed by atoms with Gasteiger partial charge in [-0.2, -0.15) is 22.2 Å². The molecule has 0 aliphatic rings. The Kier molecular flexibility index (Phi) is 10.1.